The van der Waals surface area contributed by atoms with E-state index in [1.54, 1.807) is 0 Å². The van der Waals surface area contributed by atoms with Crippen LogP contribution in [-0.2, 0) is 9.59 Å². The van der Waals surface area contributed by atoms with Gasteiger partial charge in [-0.25, -0.2) is 0 Å². The molecule has 1 rings (SSSR count). The molecule has 0 fully saturated rings. The largest absolute Gasteiger partial charge is 0.481 e. The summed E-state index contributed by atoms with van der Waals surface area (Å²) < 4.78 is 0. The number of hydrogen-bond donors (Lipinski definition) is 2. The minimum atomic E-state index is -0.851. The van der Waals surface area contributed by atoms with E-state index in [4.69, 9.17) is 5.11 Å². The smallest absolute Gasteiger partial charge is 0.304 e. The second-order valence-electron chi connectivity index (χ2n) is 5.50. The topological polar surface area (TPSA) is 69.6 Å². The van der Waals surface area contributed by atoms with Crippen LogP contribution in [-0.4, -0.2) is 41.0 Å². The number of rotatable bonds is 7. The summed E-state index contributed by atoms with van der Waals surface area (Å²) >= 11 is 0. The Balaban J connectivity index is 2.65. The van der Waals surface area contributed by atoms with Crippen LogP contribution in [0.15, 0.2) is 18.2 Å². The first-order valence-corrected chi connectivity index (χ1v) is 7.13. The highest BCUT2D eigenvalue weighted by Crippen LogP contribution is 2.17. The molecule has 1 aromatic carbocycles. The first kappa shape index (κ1) is 17.2. The molecule has 0 aliphatic carbocycles. The Kier molecular flexibility index (Phi) is 6.37. The van der Waals surface area contributed by atoms with Gasteiger partial charge in [0.15, 0.2) is 0 Å². The Bertz CT molecular complexity index is 512. The Labute approximate surface area is 126 Å². The van der Waals surface area contributed by atoms with Crippen LogP contribution < -0.4 is 5.32 Å². The van der Waals surface area contributed by atoms with E-state index in [9.17, 15) is 9.59 Å². The molecular formula is C16H24N2O3. The number of carbonyl (C=O) groups is 2. The van der Waals surface area contributed by atoms with Crippen LogP contribution >= 0.6 is 0 Å². The van der Waals surface area contributed by atoms with E-state index in [2.05, 4.69) is 5.32 Å². The summed E-state index contributed by atoms with van der Waals surface area (Å²) in [5.41, 5.74) is 2.98. The summed E-state index contributed by atoms with van der Waals surface area (Å²) in [7, 11) is 0. The molecule has 0 aliphatic rings. The van der Waals surface area contributed by atoms with Gasteiger partial charge in [-0.15, -0.1) is 0 Å². The van der Waals surface area contributed by atoms with Gasteiger partial charge in [-0.05, 0) is 44.9 Å². The predicted molar refractivity (Wildman–Crippen MR) is 83.5 cm³/mol. The molecule has 0 saturated carbocycles. The van der Waals surface area contributed by atoms with E-state index >= 15 is 0 Å². The van der Waals surface area contributed by atoms with Gasteiger partial charge in [0.05, 0.1) is 13.0 Å². The molecule has 5 nitrogen and oxygen atoms in total. The Hall–Kier alpha value is -1.88. The fourth-order valence-corrected chi connectivity index (χ4v) is 2.02. The van der Waals surface area contributed by atoms with Gasteiger partial charge in [0.1, 0.15) is 0 Å². The second-order valence-corrected chi connectivity index (χ2v) is 5.50. The van der Waals surface area contributed by atoms with Crippen LogP contribution in [0.3, 0.4) is 0 Å². The number of hydrogen-bond acceptors (Lipinski definition) is 3. The Morgan fingerprint density at radius 1 is 1.29 bits per heavy atom. The van der Waals surface area contributed by atoms with Crippen molar-refractivity contribution in [2.75, 3.05) is 18.4 Å². The maximum atomic E-state index is 12.1. The van der Waals surface area contributed by atoms with E-state index in [0.717, 1.165) is 16.8 Å². The molecule has 116 valence electrons. The summed E-state index contributed by atoms with van der Waals surface area (Å²) in [6.07, 6.45) is 0.0366. The lowest BCUT2D eigenvalue weighted by Crippen LogP contribution is -2.39. The summed E-state index contributed by atoms with van der Waals surface area (Å²) in [6.45, 7) is 8.43. The zero-order valence-corrected chi connectivity index (χ0v) is 13.1. The summed E-state index contributed by atoms with van der Waals surface area (Å²) in [5, 5.41) is 11.6. The molecule has 0 unspecified atom stereocenters. The van der Waals surface area contributed by atoms with Crippen molar-refractivity contribution in [2.24, 2.45) is 0 Å². The second kappa shape index (κ2) is 7.78. The number of aliphatic carboxylic acids is 1. The minimum Gasteiger partial charge on any atom is -0.481 e. The first-order chi connectivity index (χ1) is 9.81. The van der Waals surface area contributed by atoms with Crippen LogP contribution in [0.1, 0.15) is 31.4 Å². The number of carboxylic acid groups (broad SMARTS) is 1. The van der Waals surface area contributed by atoms with Crippen LogP contribution in [0, 0.1) is 13.8 Å². The Morgan fingerprint density at radius 2 is 1.95 bits per heavy atom. The normalized spacial score (nSPS) is 11.0. The number of anilines is 1. The van der Waals surface area contributed by atoms with Gasteiger partial charge in [-0.1, -0.05) is 12.1 Å². The predicted octanol–water partition coefficient (Wildman–Crippen LogP) is 2.43. The van der Waals surface area contributed by atoms with Gasteiger partial charge in [-0.3, -0.25) is 14.5 Å². The number of amides is 1. The number of carbonyl (C=O) groups excluding carboxylic acids is 1. The molecule has 0 heterocycles. The van der Waals surface area contributed by atoms with E-state index in [-0.39, 0.29) is 24.9 Å². The van der Waals surface area contributed by atoms with Crippen molar-refractivity contribution in [3.8, 4) is 0 Å². The minimum absolute atomic E-state index is 0.0366. The fraction of sp³-hybridized carbons (Fsp3) is 0.500. The highest BCUT2D eigenvalue weighted by Gasteiger charge is 2.16. The molecule has 0 aliphatic heterocycles. The number of carboxylic acids is 1. The molecule has 0 atom stereocenters. The molecule has 1 aromatic rings. The van der Waals surface area contributed by atoms with E-state index in [0.29, 0.717) is 6.54 Å². The molecule has 0 spiro atoms. The molecule has 0 aromatic heterocycles. The van der Waals surface area contributed by atoms with Gasteiger partial charge in [0.25, 0.3) is 0 Å². The molecule has 0 saturated heterocycles. The van der Waals surface area contributed by atoms with E-state index < -0.39 is 5.97 Å². The first-order valence-electron chi connectivity index (χ1n) is 7.13. The quantitative estimate of drug-likeness (QED) is 0.810. The molecule has 2 N–H and O–H groups in total. The monoisotopic (exact) mass is 292 g/mol. The van der Waals surface area contributed by atoms with Gasteiger partial charge in [-0.2, -0.15) is 0 Å². The van der Waals surface area contributed by atoms with Crippen LogP contribution in [0.5, 0.6) is 0 Å². The summed E-state index contributed by atoms with van der Waals surface area (Å²) in [4.78, 5) is 24.6. The third-order valence-corrected chi connectivity index (χ3v) is 3.57. The lowest BCUT2D eigenvalue weighted by Gasteiger charge is -2.25. The van der Waals surface area contributed by atoms with E-state index in [1.165, 1.54) is 0 Å². The van der Waals surface area contributed by atoms with E-state index in [1.807, 2.05) is 50.8 Å². The number of nitrogens with zero attached hydrogens (tertiary/aromatic N) is 1. The molecular weight excluding hydrogens is 268 g/mol. The summed E-state index contributed by atoms with van der Waals surface area (Å²) in [6, 6.07) is 5.90. The lowest BCUT2D eigenvalue weighted by molar-refractivity contribution is -0.137. The number of benzene rings is 1. The van der Waals surface area contributed by atoms with Crippen molar-refractivity contribution < 1.29 is 14.7 Å². The molecule has 0 radical (unpaired) electrons. The van der Waals surface area contributed by atoms with Gasteiger partial charge < -0.3 is 10.4 Å². The molecule has 21 heavy (non-hydrogen) atoms. The summed E-state index contributed by atoms with van der Waals surface area (Å²) in [5.74, 6) is -0.974. The fourth-order valence-electron chi connectivity index (χ4n) is 2.02. The average Bonchev–Trinajstić information content (AvgIpc) is 2.39. The lowest BCUT2D eigenvalue weighted by atomic mass is 10.1. The number of nitrogens with one attached hydrogen (secondary N) is 1. The van der Waals surface area contributed by atoms with Gasteiger partial charge in [0.2, 0.25) is 5.91 Å². The van der Waals surface area contributed by atoms with Crippen LogP contribution in [0.2, 0.25) is 0 Å². The maximum Gasteiger partial charge on any atom is 0.304 e. The maximum absolute atomic E-state index is 12.1. The van der Waals surface area contributed by atoms with Crippen LogP contribution in [0.4, 0.5) is 5.69 Å². The van der Waals surface area contributed by atoms with Crippen molar-refractivity contribution in [1.29, 1.82) is 0 Å². The average molecular weight is 292 g/mol. The van der Waals surface area contributed by atoms with Crippen molar-refractivity contribution in [1.82, 2.24) is 4.90 Å². The number of aryl methyl sites for hydroxylation is 1. The van der Waals surface area contributed by atoms with Gasteiger partial charge in [0, 0.05) is 18.3 Å². The molecule has 1 amide bonds. The zero-order chi connectivity index (χ0) is 16.0. The van der Waals surface area contributed by atoms with Crippen molar-refractivity contribution in [3.63, 3.8) is 0 Å². The van der Waals surface area contributed by atoms with Crippen molar-refractivity contribution in [3.05, 3.63) is 29.3 Å². The van der Waals surface area contributed by atoms with Crippen LogP contribution in [0.25, 0.3) is 0 Å². The Morgan fingerprint density at radius 3 is 2.52 bits per heavy atom. The molecule has 5 heteroatoms. The zero-order valence-electron chi connectivity index (χ0n) is 13.1. The standard InChI is InChI=1S/C16H24N2O3/c1-11(2)18(9-8-16(20)21)10-15(19)17-14-7-5-6-12(3)13(14)4/h5-7,11H,8-10H2,1-4H3,(H,17,19)(H,20,21). The third-order valence-electron chi connectivity index (χ3n) is 3.57. The SMILES string of the molecule is Cc1cccc(NC(=O)CN(CCC(=O)O)C(C)C)c1C. The third kappa shape index (κ3) is 5.55. The van der Waals surface area contributed by atoms with Crippen molar-refractivity contribution in [2.45, 2.75) is 40.2 Å². The van der Waals surface area contributed by atoms with Crippen molar-refractivity contribution >= 4 is 17.6 Å². The highest BCUT2D eigenvalue weighted by atomic mass is 16.4. The molecule has 0 bridgehead atoms. The highest BCUT2D eigenvalue weighted by molar-refractivity contribution is 5.93. The van der Waals surface area contributed by atoms with Gasteiger partial charge >= 0.3 is 5.97 Å².